The number of furan rings is 1. The molecule has 0 amide bonds. The fourth-order valence-corrected chi connectivity index (χ4v) is 3.07. The van der Waals surface area contributed by atoms with Crippen LogP contribution >= 0.6 is 0 Å². The molecule has 0 bridgehead atoms. The van der Waals surface area contributed by atoms with E-state index < -0.39 is 0 Å². The number of para-hydroxylation sites is 1. The van der Waals surface area contributed by atoms with Gasteiger partial charge in [0.1, 0.15) is 11.3 Å². The lowest BCUT2D eigenvalue weighted by Gasteiger charge is -2.36. The minimum absolute atomic E-state index is 0.0389. The van der Waals surface area contributed by atoms with E-state index in [2.05, 4.69) is 30.9 Å². The molecule has 0 aliphatic carbocycles. The molecule has 0 spiro atoms. The Kier molecular flexibility index (Phi) is 3.81. The van der Waals surface area contributed by atoms with Crippen LogP contribution < -0.4 is 5.73 Å². The van der Waals surface area contributed by atoms with Crippen LogP contribution in [0.15, 0.2) is 34.7 Å². The van der Waals surface area contributed by atoms with Crippen LogP contribution in [0.5, 0.6) is 0 Å². The van der Waals surface area contributed by atoms with Gasteiger partial charge in [0.15, 0.2) is 0 Å². The van der Waals surface area contributed by atoms with Crippen molar-refractivity contribution >= 4 is 11.0 Å². The molecule has 1 fully saturated rings. The molecule has 0 saturated carbocycles. The Morgan fingerprint density at radius 2 is 2.10 bits per heavy atom. The van der Waals surface area contributed by atoms with Crippen molar-refractivity contribution in [3.8, 4) is 0 Å². The molecule has 1 saturated heterocycles. The van der Waals surface area contributed by atoms with Gasteiger partial charge in [0.25, 0.3) is 0 Å². The van der Waals surface area contributed by atoms with E-state index >= 15 is 0 Å². The van der Waals surface area contributed by atoms with Gasteiger partial charge in [0.05, 0.1) is 6.04 Å². The maximum Gasteiger partial charge on any atom is 0.134 e. The molecule has 1 aromatic heterocycles. The quantitative estimate of drug-likeness (QED) is 0.931. The Bertz CT molecular complexity index is 544. The van der Waals surface area contributed by atoms with Crippen LogP contribution in [0.2, 0.25) is 0 Å². The van der Waals surface area contributed by atoms with E-state index in [9.17, 15) is 0 Å². The van der Waals surface area contributed by atoms with E-state index in [0.29, 0.717) is 0 Å². The smallest absolute Gasteiger partial charge is 0.134 e. The molecule has 2 heterocycles. The second-order valence-electron chi connectivity index (χ2n) is 6.30. The molecule has 0 radical (unpaired) electrons. The third-order valence-corrected chi connectivity index (χ3v) is 4.68. The summed E-state index contributed by atoms with van der Waals surface area (Å²) in [6.07, 6.45) is 1.27. The molecule has 20 heavy (non-hydrogen) atoms. The lowest BCUT2D eigenvalue weighted by atomic mass is 9.88. The number of nitrogens with zero attached hydrogens (tertiary/aromatic N) is 1. The average molecular weight is 272 g/mol. The van der Waals surface area contributed by atoms with E-state index in [1.807, 2.05) is 18.2 Å². The first kappa shape index (κ1) is 13.7. The van der Waals surface area contributed by atoms with Crippen molar-refractivity contribution in [2.75, 3.05) is 19.6 Å². The van der Waals surface area contributed by atoms with Crippen molar-refractivity contribution in [1.82, 2.24) is 4.90 Å². The number of benzene rings is 1. The first-order chi connectivity index (χ1) is 9.63. The molecule has 3 unspecified atom stereocenters. The maximum absolute atomic E-state index is 6.33. The van der Waals surface area contributed by atoms with Gasteiger partial charge >= 0.3 is 0 Å². The standard InChI is InChI=1S/C17H24N2O/c1-12-7-8-19(10-13(12)2)11-15(18)17-9-14-5-3-4-6-16(14)20-17/h3-6,9,12-13,15H,7-8,10-11,18H2,1-2H3. The molecule has 3 nitrogen and oxygen atoms in total. The fourth-order valence-electron chi connectivity index (χ4n) is 3.07. The van der Waals surface area contributed by atoms with Crippen molar-refractivity contribution in [3.63, 3.8) is 0 Å². The summed E-state index contributed by atoms with van der Waals surface area (Å²) in [5.74, 6) is 2.48. The number of fused-ring (bicyclic) bond motifs is 1. The van der Waals surface area contributed by atoms with Gasteiger partial charge in [-0.25, -0.2) is 0 Å². The summed E-state index contributed by atoms with van der Waals surface area (Å²) >= 11 is 0. The lowest BCUT2D eigenvalue weighted by Crippen LogP contribution is -2.41. The molecular weight excluding hydrogens is 248 g/mol. The summed E-state index contributed by atoms with van der Waals surface area (Å²) in [5, 5.41) is 1.14. The zero-order chi connectivity index (χ0) is 14.1. The maximum atomic E-state index is 6.33. The summed E-state index contributed by atoms with van der Waals surface area (Å²) in [5.41, 5.74) is 7.26. The number of rotatable bonds is 3. The molecule has 3 rings (SSSR count). The molecular formula is C17H24N2O. The zero-order valence-electron chi connectivity index (χ0n) is 12.4. The monoisotopic (exact) mass is 272 g/mol. The van der Waals surface area contributed by atoms with Crippen molar-refractivity contribution < 1.29 is 4.42 Å². The zero-order valence-corrected chi connectivity index (χ0v) is 12.4. The van der Waals surface area contributed by atoms with E-state index in [0.717, 1.165) is 48.2 Å². The molecule has 2 N–H and O–H groups in total. The summed E-state index contributed by atoms with van der Waals surface area (Å²) in [7, 11) is 0. The number of nitrogens with two attached hydrogens (primary N) is 1. The number of likely N-dealkylation sites (tertiary alicyclic amines) is 1. The highest BCUT2D eigenvalue weighted by atomic mass is 16.3. The second kappa shape index (κ2) is 5.58. The van der Waals surface area contributed by atoms with E-state index in [-0.39, 0.29) is 6.04 Å². The summed E-state index contributed by atoms with van der Waals surface area (Å²) in [4.78, 5) is 2.47. The van der Waals surface area contributed by atoms with E-state index in [1.165, 1.54) is 6.42 Å². The van der Waals surface area contributed by atoms with Crippen molar-refractivity contribution in [3.05, 3.63) is 36.1 Å². The lowest BCUT2D eigenvalue weighted by molar-refractivity contribution is 0.129. The molecule has 1 aromatic carbocycles. The fraction of sp³-hybridized carbons (Fsp3) is 0.529. The van der Waals surface area contributed by atoms with Gasteiger partial charge in [-0.05, 0) is 36.9 Å². The highest BCUT2D eigenvalue weighted by Gasteiger charge is 2.24. The third kappa shape index (κ3) is 2.74. The predicted molar refractivity (Wildman–Crippen MR) is 82.5 cm³/mol. The molecule has 1 aliphatic heterocycles. The van der Waals surface area contributed by atoms with Crippen LogP contribution in [0, 0.1) is 11.8 Å². The van der Waals surface area contributed by atoms with Crippen molar-refractivity contribution in [2.24, 2.45) is 17.6 Å². The normalized spacial score (nSPS) is 25.9. The van der Waals surface area contributed by atoms with Crippen LogP contribution in [0.1, 0.15) is 32.1 Å². The van der Waals surface area contributed by atoms with E-state index in [4.69, 9.17) is 10.2 Å². The Morgan fingerprint density at radius 1 is 1.30 bits per heavy atom. The Balaban J connectivity index is 1.68. The largest absolute Gasteiger partial charge is 0.459 e. The summed E-state index contributed by atoms with van der Waals surface area (Å²) < 4.78 is 5.87. The highest BCUT2D eigenvalue weighted by molar-refractivity contribution is 5.77. The van der Waals surface area contributed by atoms with Gasteiger partial charge in [-0.3, -0.25) is 0 Å². The SMILES string of the molecule is CC1CCN(CC(N)c2cc3ccccc3o2)CC1C. The number of piperidine rings is 1. The van der Waals surface area contributed by atoms with Crippen molar-refractivity contribution in [1.29, 1.82) is 0 Å². The minimum Gasteiger partial charge on any atom is -0.459 e. The summed E-state index contributed by atoms with van der Waals surface area (Å²) in [6.45, 7) is 7.87. The summed E-state index contributed by atoms with van der Waals surface area (Å²) in [6, 6.07) is 10.1. The molecule has 108 valence electrons. The van der Waals surface area contributed by atoms with Gasteiger partial charge in [-0.2, -0.15) is 0 Å². The number of hydrogen-bond donors (Lipinski definition) is 1. The van der Waals surface area contributed by atoms with Crippen LogP contribution in [-0.2, 0) is 0 Å². The van der Waals surface area contributed by atoms with Gasteiger partial charge < -0.3 is 15.1 Å². The third-order valence-electron chi connectivity index (χ3n) is 4.68. The Morgan fingerprint density at radius 3 is 2.85 bits per heavy atom. The first-order valence-corrected chi connectivity index (χ1v) is 7.60. The topological polar surface area (TPSA) is 42.4 Å². The first-order valence-electron chi connectivity index (χ1n) is 7.60. The van der Waals surface area contributed by atoms with Crippen LogP contribution in [0.3, 0.4) is 0 Å². The molecule has 2 aromatic rings. The Hall–Kier alpha value is -1.32. The van der Waals surface area contributed by atoms with Crippen molar-refractivity contribution in [2.45, 2.75) is 26.3 Å². The highest BCUT2D eigenvalue weighted by Crippen LogP contribution is 2.26. The average Bonchev–Trinajstić information content (AvgIpc) is 2.87. The van der Waals surface area contributed by atoms with Gasteiger partial charge in [-0.15, -0.1) is 0 Å². The second-order valence-corrected chi connectivity index (χ2v) is 6.30. The molecule has 1 aliphatic rings. The number of hydrogen-bond acceptors (Lipinski definition) is 3. The van der Waals surface area contributed by atoms with E-state index in [1.54, 1.807) is 0 Å². The molecule has 3 heteroatoms. The van der Waals surface area contributed by atoms with Crippen LogP contribution in [0.25, 0.3) is 11.0 Å². The van der Waals surface area contributed by atoms with Gasteiger partial charge in [0.2, 0.25) is 0 Å². The van der Waals surface area contributed by atoms with Gasteiger partial charge in [-0.1, -0.05) is 32.0 Å². The van der Waals surface area contributed by atoms with Gasteiger partial charge in [0, 0.05) is 18.5 Å². The van der Waals surface area contributed by atoms with Crippen LogP contribution in [0.4, 0.5) is 0 Å². The molecule has 3 atom stereocenters. The van der Waals surface area contributed by atoms with Crippen LogP contribution in [-0.4, -0.2) is 24.5 Å². The minimum atomic E-state index is -0.0389. The Labute approximate surface area is 120 Å². The predicted octanol–water partition coefficient (Wildman–Crippen LogP) is 3.41.